The lowest BCUT2D eigenvalue weighted by atomic mass is 10.5. The van der Waals surface area contributed by atoms with Gasteiger partial charge in [-0.2, -0.15) is 0 Å². The van der Waals surface area contributed by atoms with Gasteiger partial charge in [0.25, 0.3) is 0 Å². The number of hydrazine groups is 1. The summed E-state index contributed by atoms with van der Waals surface area (Å²) in [6.07, 6.45) is 2.17. The van der Waals surface area contributed by atoms with Crippen LogP contribution in [-0.2, 0) is 16.1 Å². The Bertz CT molecular complexity index is 453. The van der Waals surface area contributed by atoms with Crippen LogP contribution in [0.2, 0.25) is 0 Å². The smallest absolute Gasteiger partial charge is 0.230 e. The van der Waals surface area contributed by atoms with Crippen molar-refractivity contribution in [1.29, 1.82) is 0 Å². The van der Waals surface area contributed by atoms with Gasteiger partial charge in [0.15, 0.2) is 5.82 Å². The van der Waals surface area contributed by atoms with Crippen LogP contribution in [0.5, 0.6) is 0 Å². The van der Waals surface area contributed by atoms with Crippen LogP contribution in [0, 0.1) is 0 Å². The fourth-order valence-electron chi connectivity index (χ4n) is 1.45. The predicted octanol–water partition coefficient (Wildman–Crippen LogP) is 0.279. The first-order chi connectivity index (χ1) is 9.21. The number of carbonyl (C=O) groups excluding carboxylic acids is 1. The molecule has 1 fully saturated rings. The van der Waals surface area contributed by atoms with Crippen molar-refractivity contribution in [2.75, 3.05) is 18.3 Å². The van der Waals surface area contributed by atoms with Crippen LogP contribution < -0.4 is 16.6 Å². The minimum Gasteiger partial charge on any atom is -0.377 e. The van der Waals surface area contributed by atoms with Gasteiger partial charge < -0.3 is 15.5 Å². The van der Waals surface area contributed by atoms with Crippen LogP contribution in [0.1, 0.15) is 18.7 Å². The van der Waals surface area contributed by atoms with Gasteiger partial charge in [-0.25, -0.2) is 15.8 Å². The van der Waals surface area contributed by atoms with E-state index < -0.39 is 0 Å². The van der Waals surface area contributed by atoms with E-state index in [2.05, 4.69) is 20.7 Å². The van der Waals surface area contributed by atoms with Crippen LogP contribution in [0.25, 0.3) is 0 Å². The Kier molecular flexibility index (Phi) is 4.94. The standard InChI is InChI=1S/C11H17N5O2S/c1-18-5-9-14-8(16-12)4-11(15-9)19-6-10(17)13-7-2-3-7/h4,7H,2-3,5-6,12H2,1H3,(H,13,17)(H,14,15,16). The number of rotatable bonds is 7. The molecule has 1 heterocycles. The quantitative estimate of drug-likeness (QED) is 0.286. The number of carbonyl (C=O) groups is 1. The molecule has 1 aromatic heterocycles. The highest BCUT2D eigenvalue weighted by molar-refractivity contribution is 7.99. The van der Waals surface area contributed by atoms with Gasteiger partial charge in [0.1, 0.15) is 17.5 Å². The van der Waals surface area contributed by atoms with Crippen molar-refractivity contribution in [3.05, 3.63) is 11.9 Å². The summed E-state index contributed by atoms with van der Waals surface area (Å²) >= 11 is 1.35. The largest absolute Gasteiger partial charge is 0.377 e. The molecule has 1 saturated carbocycles. The fourth-order valence-corrected chi connectivity index (χ4v) is 2.18. The van der Waals surface area contributed by atoms with Gasteiger partial charge in [0.05, 0.1) is 5.75 Å². The summed E-state index contributed by atoms with van der Waals surface area (Å²) in [7, 11) is 1.57. The second-order valence-electron chi connectivity index (χ2n) is 4.22. The Morgan fingerprint density at radius 3 is 3.00 bits per heavy atom. The average molecular weight is 283 g/mol. The highest BCUT2D eigenvalue weighted by Crippen LogP contribution is 2.21. The number of anilines is 1. The second-order valence-corrected chi connectivity index (χ2v) is 5.21. The molecule has 1 aliphatic carbocycles. The summed E-state index contributed by atoms with van der Waals surface area (Å²) in [5, 5.41) is 3.62. The monoisotopic (exact) mass is 283 g/mol. The van der Waals surface area contributed by atoms with E-state index >= 15 is 0 Å². The first kappa shape index (κ1) is 14.0. The van der Waals surface area contributed by atoms with E-state index in [-0.39, 0.29) is 5.91 Å². The third-order valence-corrected chi connectivity index (χ3v) is 3.38. The van der Waals surface area contributed by atoms with Crippen molar-refractivity contribution in [3.8, 4) is 0 Å². The van der Waals surface area contributed by atoms with Crippen LogP contribution in [0.4, 0.5) is 5.82 Å². The zero-order chi connectivity index (χ0) is 13.7. The number of methoxy groups -OCH3 is 1. The normalized spacial score (nSPS) is 14.2. The maximum Gasteiger partial charge on any atom is 0.230 e. The Hall–Kier alpha value is -1.38. The van der Waals surface area contributed by atoms with Crippen molar-refractivity contribution >= 4 is 23.5 Å². The lowest BCUT2D eigenvalue weighted by molar-refractivity contribution is -0.118. The molecule has 2 rings (SSSR count). The number of thioether (sulfide) groups is 1. The zero-order valence-corrected chi connectivity index (χ0v) is 11.5. The van der Waals surface area contributed by atoms with Crippen molar-refractivity contribution in [3.63, 3.8) is 0 Å². The summed E-state index contributed by atoms with van der Waals surface area (Å²) in [5.41, 5.74) is 2.48. The van der Waals surface area contributed by atoms with E-state index in [0.29, 0.717) is 35.1 Å². The van der Waals surface area contributed by atoms with Gasteiger partial charge in [-0.1, -0.05) is 11.8 Å². The summed E-state index contributed by atoms with van der Waals surface area (Å²) in [4.78, 5) is 20.0. The van der Waals surface area contributed by atoms with E-state index in [1.54, 1.807) is 13.2 Å². The van der Waals surface area contributed by atoms with E-state index in [4.69, 9.17) is 10.6 Å². The molecule has 7 nitrogen and oxygen atoms in total. The minimum absolute atomic E-state index is 0.0293. The summed E-state index contributed by atoms with van der Waals surface area (Å²) in [6.45, 7) is 0.303. The number of hydrogen-bond donors (Lipinski definition) is 3. The number of nitrogens with two attached hydrogens (primary N) is 1. The number of nitrogens with zero attached hydrogens (tertiary/aromatic N) is 2. The molecule has 0 spiro atoms. The number of ether oxygens (including phenoxy) is 1. The molecule has 0 bridgehead atoms. The molecular formula is C11H17N5O2S. The summed E-state index contributed by atoms with van der Waals surface area (Å²) in [5.74, 6) is 6.75. The minimum atomic E-state index is 0.0293. The second kappa shape index (κ2) is 6.69. The topological polar surface area (TPSA) is 102 Å². The molecule has 104 valence electrons. The van der Waals surface area contributed by atoms with E-state index in [1.807, 2.05) is 0 Å². The predicted molar refractivity (Wildman–Crippen MR) is 72.4 cm³/mol. The van der Waals surface area contributed by atoms with Gasteiger partial charge in [0.2, 0.25) is 5.91 Å². The average Bonchev–Trinajstić information content (AvgIpc) is 3.20. The van der Waals surface area contributed by atoms with Crippen LogP contribution >= 0.6 is 11.8 Å². The van der Waals surface area contributed by atoms with Crippen LogP contribution in [-0.4, -0.2) is 34.8 Å². The molecule has 1 aliphatic rings. The molecule has 0 saturated heterocycles. The van der Waals surface area contributed by atoms with E-state index in [9.17, 15) is 4.79 Å². The third-order valence-electron chi connectivity index (χ3n) is 2.46. The molecular weight excluding hydrogens is 266 g/mol. The Balaban J connectivity index is 1.93. The highest BCUT2D eigenvalue weighted by Gasteiger charge is 2.23. The SMILES string of the molecule is COCc1nc(NN)cc(SCC(=O)NC2CC2)n1. The first-order valence-corrected chi connectivity index (χ1v) is 6.95. The highest BCUT2D eigenvalue weighted by atomic mass is 32.2. The van der Waals surface area contributed by atoms with E-state index in [0.717, 1.165) is 12.8 Å². The lowest BCUT2D eigenvalue weighted by Crippen LogP contribution is -2.27. The van der Waals surface area contributed by atoms with Crippen molar-refractivity contribution in [1.82, 2.24) is 15.3 Å². The summed E-state index contributed by atoms with van der Waals surface area (Å²) in [6, 6.07) is 2.08. The van der Waals surface area contributed by atoms with Crippen molar-refractivity contribution < 1.29 is 9.53 Å². The van der Waals surface area contributed by atoms with Crippen LogP contribution in [0.15, 0.2) is 11.1 Å². The molecule has 0 aromatic carbocycles. The van der Waals surface area contributed by atoms with Crippen molar-refractivity contribution in [2.45, 2.75) is 30.5 Å². The molecule has 0 unspecified atom stereocenters. The van der Waals surface area contributed by atoms with Crippen molar-refractivity contribution in [2.24, 2.45) is 5.84 Å². The Morgan fingerprint density at radius 2 is 2.37 bits per heavy atom. The Morgan fingerprint density at radius 1 is 1.58 bits per heavy atom. The molecule has 1 amide bonds. The molecule has 0 radical (unpaired) electrons. The molecule has 0 aliphatic heterocycles. The van der Waals surface area contributed by atoms with E-state index in [1.165, 1.54) is 11.8 Å². The maximum absolute atomic E-state index is 11.6. The zero-order valence-electron chi connectivity index (χ0n) is 10.7. The Labute approximate surface area is 115 Å². The third kappa shape index (κ3) is 4.66. The molecule has 0 atom stereocenters. The van der Waals surface area contributed by atoms with Gasteiger partial charge in [0, 0.05) is 19.2 Å². The maximum atomic E-state index is 11.6. The van der Waals surface area contributed by atoms with Gasteiger partial charge in [-0.3, -0.25) is 4.79 Å². The number of nitrogen functional groups attached to an aromatic ring is 1. The number of aromatic nitrogens is 2. The number of amides is 1. The van der Waals surface area contributed by atoms with Gasteiger partial charge in [-0.05, 0) is 12.8 Å². The summed E-state index contributed by atoms with van der Waals surface area (Å²) < 4.78 is 4.99. The number of hydrogen-bond acceptors (Lipinski definition) is 7. The molecule has 19 heavy (non-hydrogen) atoms. The number of nitrogens with one attached hydrogen (secondary N) is 2. The fraction of sp³-hybridized carbons (Fsp3) is 0.545. The van der Waals surface area contributed by atoms with Gasteiger partial charge >= 0.3 is 0 Å². The molecule has 8 heteroatoms. The lowest BCUT2D eigenvalue weighted by Gasteiger charge is -2.07. The molecule has 4 N–H and O–H groups in total. The first-order valence-electron chi connectivity index (χ1n) is 5.97. The van der Waals surface area contributed by atoms with Crippen LogP contribution in [0.3, 0.4) is 0 Å². The molecule has 1 aromatic rings. The van der Waals surface area contributed by atoms with Gasteiger partial charge in [-0.15, -0.1) is 0 Å².